The van der Waals surface area contributed by atoms with Gasteiger partial charge >= 0.3 is 0 Å². The van der Waals surface area contributed by atoms with Gasteiger partial charge < -0.3 is 14.1 Å². The molecule has 5 heteroatoms. The van der Waals surface area contributed by atoms with E-state index in [2.05, 4.69) is 4.98 Å². The zero-order valence-corrected chi connectivity index (χ0v) is 12.7. The Kier molecular flexibility index (Phi) is 4.42. The number of likely N-dealkylation sites (tertiary alicyclic amines) is 1. The first-order valence-corrected chi connectivity index (χ1v) is 7.58. The zero-order valence-electron chi connectivity index (χ0n) is 12.7. The lowest BCUT2D eigenvalue weighted by molar-refractivity contribution is -0.132. The number of hydrogen-bond acceptors (Lipinski definition) is 4. The van der Waals surface area contributed by atoms with Gasteiger partial charge in [0, 0.05) is 43.9 Å². The van der Waals surface area contributed by atoms with E-state index in [9.17, 15) is 4.79 Å². The van der Waals surface area contributed by atoms with Crippen molar-refractivity contribution < 1.29 is 13.9 Å². The van der Waals surface area contributed by atoms with E-state index in [1.165, 1.54) is 0 Å². The van der Waals surface area contributed by atoms with Crippen molar-refractivity contribution in [2.75, 3.05) is 13.1 Å². The maximum atomic E-state index is 12.2. The molecule has 116 valence electrons. The Balaban J connectivity index is 1.50. The maximum Gasteiger partial charge on any atom is 0.227 e. The van der Waals surface area contributed by atoms with Gasteiger partial charge in [-0.05, 0) is 24.6 Å². The minimum Gasteiger partial charge on any atom is -0.490 e. The van der Waals surface area contributed by atoms with Gasteiger partial charge in [-0.3, -0.25) is 9.78 Å². The third kappa shape index (κ3) is 3.47. The molecule has 0 radical (unpaired) electrons. The Morgan fingerprint density at radius 3 is 2.91 bits per heavy atom. The number of ether oxygens (including phenoxy) is 1. The number of nitrogens with zero attached hydrogens (tertiary/aromatic N) is 2. The van der Waals surface area contributed by atoms with Crippen molar-refractivity contribution in [3.05, 3.63) is 48.2 Å². The number of aromatic nitrogens is 1. The number of hydrogen-bond donors (Lipinski definition) is 0. The van der Waals surface area contributed by atoms with Crippen molar-refractivity contribution >= 4 is 5.91 Å². The van der Waals surface area contributed by atoms with Crippen LogP contribution in [-0.2, 0) is 11.2 Å². The Labute approximate surface area is 129 Å². The Hall–Kier alpha value is -2.30. The van der Waals surface area contributed by atoms with E-state index in [0.29, 0.717) is 6.42 Å². The smallest absolute Gasteiger partial charge is 0.227 e. The van der Waals surface area contributed by atoms with Crippen molar-refractivity contribution in [3.8, 4) is 5.75 Å². The van der Waals surface area contributed by atoms with E-state index < -0.39 is 0 Å². The molecule has 3 rings (SSSR count). The van der Waals surface area contributed by atoms with Gasteiger partial charge in [-0.25, -0.2) is 0 Å². The summed E-state index contributed by atoms with van der Waals surface area (Å²) in [4.78, 5) is 18.2. The molecule has 3 heterocycles. The van der Waals surface area contributed by atoms with Crippen molar-refractivity contribution in [2.24, 2.45) is 0 Å². The number of amides is 1. The highest BCUT2D eigenvalue weighted by Gasteiger charge is 2.24. The fourth-order valence-corrected chi connectivity index (χ4v) is 2.68. The summed E-state index contributed by atoms with van der Waals surface area (Å²) in [5.41, 5.74) is 1.97. The molecule has 5 nitrogen and oxygen atoms in total. The van der Waals surface area contributed by atoms with Crippen LogP contribution >= 0.6 is 0 Å². The number of furan rings is 1. The highest BCUT2D eigenvalue weighted by Crippen LogP contribution is 2.22. The van der Waals surface area contributed by atoms with Crippen LogP contribution in [0, 0.1) is 6.92 Å². The molecule has 0 aliphatic carbocycles. The van der Waals surface area contributed by atoms with Crippen LogP contribution in [0.5, 0.6) is 5.75 Å². The molecule has 0 bridgehead atoms. The quantitative estimate of drug-likeness (QED) is 0.871. The highest BCUT2D eigenvalue weighted by atomic mass is 16.5. The van der Waals surface area contributed by atoms with E-state index >= 15 is 0 Å². The maximum absolute atomic E-state index is 12.2. The highest BCUT2D eigenvalue weighted by molar-refractivity contribution is 5.78. The lowest BCUT2D eigenvalue weighted by atomic mass is 10.1. The van der Waals surface area contributed by atoms with E-state index in [1.54, 1.807) is 24.9 Å². The first-order valence-electron chi connectivity index (χ1n) is 7.58. The normalized spacial score (nSPS) is 15.8. The standard InChI is InChI=1S/C17H20N2O3/c1-13-11-18-6-2-16(13)22-15-3-7-19(8-4-15)17(20)10-14-5-9-21-12-14/h2,5-6,9,11-12,15H,3-4,7-8,10H2,1H3. The van der Waals surface area contributed by atoms with Crippen LogP contribution in [0.15, 0.2) is 41.5 Å². The summed E-state index contributed by atoms with van der Waals surface area (Å²) in [5.74, 6) is 1.04. The minimum atomic E-state index is 0.153. The average Bonchev–Trinajstić information content (AvgIpc) is 3.03. The lowest BCUT2D eigenvalue weighted by Gasteiger charge is -2.32. The third-order valence-electron chi connectivity index (χ3n) is 3.99. The number of carbonyl (C=O) groups excluding carboxylic acids is 1. The molecule has 1 aliphatic heterocycles. The fraction of sp³-hybridized carbons (Fsp3) is 0.412. The minimum absolute atomic E-state index is 0.153. The molecule has 0 unspecified atom stereocenters. The van der Waals surface area contributed by atoms with E-state index in [-0.39, 0.29) is 12.0 Å². The summed E-state index contributed by atoms with van der Waals surface area (Å²) < 4.78 is 11.0. The average molecular weight is 300 g/mol. The van der Waals surface area contributed by atoms with Crippen LogP contribution < -0.4 is 4.74 Å². The van der Waals surface area contributed by atoms with Crippen LogP contribution in [0.1, 0.15) is 24.0 Å². The van der Waals surface area contributed by atoms with Gasteiger partial charge in [0.15, 0.2) is 0 Å². The van der Waals surface area contributed by atoms with Gasteiger partial charge in [-0.1, -0.05) is 0 Å². The number of pyridine rings is 1. The van der Waals surface area contributed by atoms with Crippen LogP contribution in [-0.4, -0.2) is 35.0 Å². The number of piperidine rings is 1. The molecule has 1 saturated heterocycles. The molecule has 0 aromatic carbocycles. The van der Waals surface area contributed by atoms with E-state index in [0.717, 1.165) is 42.8 Å². The second-order valence-electron chi connectivity index (χ2n) is 5.65. The van der Waals surface area contributed by atoms with E-state index in [4.69, 9.17) is 9.15 Å². The molecule has 1 fully saturated rings. The van der Waals surface area contributed by atoms with Crippen molar-refractivity contribution in [3.63, 3.8) is 0 Å². The van der Waals surface area contributed by atoms with Gasteiger partial charge in [0.25, 0.3) is 0 Å². The number of rotatable bonds is 4. The van der Waals surface area contributed by atoms with Crippen LogP contribution in [0.3, 0.4) is 0 Å². The fourth-order valence-electron chi connectivity index (χ4n) is 2.68. The third-order valence-corrected chi connectivity index (χ3v) is 3.99. The Morgan fingerprint density at radius 1 is 1.41 bits per heavy atom. The van der Waals surface area contributed by atoms with Crippen molar-refractivity contribution in [1.29, 1.82) is 0 Å². The monoisotopic (exact) mass is 300 g/mol. The first-order chi connectivity index (χ1) is 10.7. The first kappa shape index (κ1) is 14.6. The second kappa shape index (κ2) is 6.64. The molecule has 1 aliphatic rings. The molecular formula is C17H20N2O3. The molecule has 0 atom stereocenters. The Morgan fingerprint density at radius 2 is 2.23 bits per heavy atom. The molecule has 1 amide bonds. The van der Waals surface area contributed by atoms with Gasteiger partial charge in [0.05, 0.1) is 18.9 Å². The predicted octanol–water partition coefficient (Wildman–Crippen LogP) is 2.60. The Bertz CT molecular complexity index is 617. The van der Waals surface area contributed by atoms with Gasteiger partial charge in [-0.2, -0.15) is 0 Å². The largest absolute Gasteiger partial charge is 0.490 e. The van der Waals surface area contributed by atoms with Crippen LogP contribution in [0.4, 0.5) is 0 Å². The SMILES string of the molecule is Cc1cnccc1OC1CCN(C(=O)Cc2ccoc2)CC1. The molecule has 22 heavy (non-hydrogen) atoms. The topological polar surface area (TPSA) is 55.6 Å². The van der Waals surface area contributed by atoms with Crippen molar-refractivity contribution in [2.45, 2.75) is 32.3 Å². The predicted molar refractivity (Wildman–Crippen MR) is 81.6 cm³/mol. The molecule has 0 spiro atoms. The lowest BCUT2D eigenvalue weighted by Crippen LogP contribution is -2.42. The summed E-state index contributed by atoms with van der Waals surface area (Å²) >= 11 is 0. The number of carbonyl (C=O) groups is 1. The molecule has 2 aromatic rings. The van der Waals surface area contributed by atoms with Gasteiger partial charge in [0.1, 0.15) is 11.9 Å². The van der Waals surface area contributed by atoms with Crippen molar-refractivity contribution in [1.82, 2.24) is 9.88 Å². The second-order valence-corrected chi connectivity index (χ2v) is 5.65. The zero-order chi connectivity index (χ0) is 15.4. The van der Waals surface area contributed by atoms with E-state index in [1.807, 2.05) is 24.0 Å². The summed E-state index contributed by atoms with van der Waals surface area (Å²) in [6, 6.07) is 3.73. The summed E-state index contributed by atoms with van der Waals surface area (Å²) in [7, 11) is 0. The molecule has 2 aromatic heterocycles. The number of aryl methyl sites for hydroxylation is 1. The van der Waals surface area contributed by atoms with Crippen LogP contribution in [0.25, 0.3) is 0 Å². The summed E-state index contributed by atoms with van der Waals surface area (Å²) in [6.07, 6.45) is 9.06. The molecule has 0 N–H and O–H groups in total. The molecule has 0 saturated carbocycles. The summed E-state index contributed by atoms with van der Waals surface area (Å²) in [6.45, 7) is 3.48. The van der Waals surface area contributed by atoms with Gasteiger partial charge in [0.2, 0.25) is 5.91 Å². The van der Waals surface area contributed by atoms with Gasteiger partial charge in [-0.15, -0.1) is 0 Å². The summed E-state index contributed by atoms with van der Waals surface area (Å²) in [5, 5.41) is 0. The van der Waals surface area contributed by atoms with Crippen LogP contribution in [0.2, 0.25) is 0 Å². The molecular weight excluding hydrogens is 280 g/mol.